The topological polar surface area (TPSA) is 97.3 Å². The van der Waals surface area contributed by atoms with Crippen molar-refractivity contribution in [2.24, 2.45) is 4.99 Å². The molecule has 0 unspecified atom stereocenters. The molecule has 0 spiro atoms. The van der Waals surface area contributed by atoms with Crippen LogP contribution in [0.5, 0.6) is 0 Å². The molecule has 0 bridgehead atoms. The largest absolute Gasteiger partial charge is 0.305 e. The first kappa shape index (κ1) is 22.3. The van der Waals surface area contributed by atoms with Crippen LogP contribution in [-0.4, -0.2) is 77.6 Å². The second kappa shape index (κ2) is 9.02. The van der Waals surface area contributed by atoms with E-state index in [2.05, 4.69) is 31.1 Å². The summed E-state index contributed by atoms with van der Waals surface area (Å²) in [4.78, 5) is 7.32. The molecule has 0 aliphatic carbocycles. The van der Waals surface area contributed by atoms with E-state index < -0.39 is 9.84 Å². The van der Waals surface area contributed by atoms with Crippen molar-refractivity contribution in [2.45, 2.75) is 11.4 Å². The molecular formula is C24H25N7O2S. The van der Waals surface area contributed by atoms with Gasteiger partial charge in [0.15, 0.2) is 9.84 Å². The molecule has 174 valence electrons. The fourth-order valence-corrected chi connectivity index (χ4v) is 4.94. The number of benzene rings is 1. The molecule has 2 aromatic heterocycles. The van der Waals surface area contributed by atoms with Gasteiger partial charge in [0, 0.05) is 63.1 Å². The van der Waals surface area contributed by atoms with Gasteiger partial charge < -0.3 is 5.01 Å². The van der Waals surface area contributed by atoms with Gasteiger partial charge in [0.05, 0.1) is 34.4 Å². The molecule has 0 N–H and O–H groups in total. The Morgan fingerprint density at radius 1 is 1.09 bits per heavy atom. The first-order valence-corrected chi connectivity index (χ1v) is 12.9. The normalized spacial score (nSPS) is 17.6. The summed E-state index contributed by atoms with van der Waals surface area (Å²) < 4.78 is 25.0. The maximum absolute atomic E-state index is 11.7. The Morgan fingerprint density at radius 2 is 1.85 bits per heavy atom. The molecule has 1 saturated heterocycles. The lowest BCUT2D eigenvalue weighted by atomic mass is 10.1. The molecule has 5 rings (SSSR count). The summed E-state index contributed by atoms with van der Waals surface area (Å²) in [5, 5.41) is 18.0. The second-order valence-corrected chi connectivity index (χ2v) is 10.5. The first-order chi connectivity index (χ1) is 16.4. The number of hydrogen-bond donors (Lipinski definition) is 0. The summed E-state index contributed by atoms with van der Waals surface area (Å²) >= 11 is 0. The van der Waals surface area contributed by atoms with Crippen molar-refractivity contribution in [1.29, 1.82) is 5.26 Å². The standard InChI is InChI=1S/C24H25N7O2S/c1-34(32,33)22-4-2-19(3-5-22)17-28-10-12-29(13-11-28)30-9-7-26-23(18-30)20-6-8-31-24(14-20)21(15-25)16-27-31/h2-9,14,16H,10-13,17-18H2,1H3. The van der Waals surface area contributed by atoms with Crippen LogP contribution >= 0.6 is 0 Å². The monoisotopic (exact) mass is 475 g/mol. The summed E-state index contributed by atoms with van der Waals surface area (Å²) in [6.45, 7) is 5.07. The van der Waals surface area contributed by atoms with Crippen LogP contribution in [-0.2, 0) is 16.4 Å². The van der Waals surface area contributed by atoms with Gasteiger partial charge in [0.1, 0.15) is 6.07 Å². The van der Waals surface area contributed by atoms with Gasteiger partial charge in [-0.3, -0.25) is 9.89 Å². The van der Waals surface area contributed by atoms with Crippen LogP contribution in [0.3, 0.4) is 0 Å². The highest BCUT2D eigenvalue weighted by atomic mass is 32.2. The maximum atomic E-state index is 11.7. The zero-order chi connectivity index (χ0) is 23.7. The van der Waals surface area contributed by atoms with Crippen molar-refractivity contribution in [3.05, 3.63) is 77.9 Å². The Labute approximate surface area is 198 Å². The summed E-state index contributed by atoms with van der Waals surface area (Å²) in [5.41, 5.74) is 4.37. The maximum Gasteiger partial charge on any atom is 0.175 e. The molecule has 0 atom stereocenters. The molecule has 0 saturated carbocycles. The predicted molar refractivity (Wildman–Crippen MR) is 129 cm³/mol. The van der Waals surface area contributed by atoms with E-state index in [1.54, 1.807) is 22.8 Å². The van der Waals surface area contributed by atoms with Gasteiger partial charge in [-0.25, -0.2) is 17.9 Å². The molecule has 2 aliphatic heterocycles. The van der Waals surface area contributed by atoms with Crippen LogP contribution in [0, 0.1) is 11.3 Å². The quantitative estimate of drug-likeness (QED) is 0.556. The highest BCUT2D eigenvalue weighted by Crippen LogP contribution is 2.18. The van der Waals surface area contributed by atoms with E-state index >= 15 is 0 Å². The average molecular weight is 476 g/mol. The number of hydrogen-bond acceptors (Lipinski definition) is 8. The van der Waals surface area contributed by atoms with E-state index in [0.717, 1.165) is 55.1 Å². The lowest BCUT2D eigenvalue weighted by Crippen LogP contribution is -2.53. The lowest BCUT2D eigenvalue weighted by Gasteiger charge is -2.41. The molecule has 1 aromatic carbocycles. The molecule has 9 nitrogen and oxygen atoms in total. The third kappa shape index (κ3) is 4.59. The molecule has 2 aliphatic rings. The summed E-state index contributed by atoms with van der Waals surface area (Å²) in [5.74, 6) is 0. The number of rotatable bonds is 5. The average Bonchev–Trinajstić information content (AvgIpc) is 3.27. The molecule has 10 heteroatoms. The lowest BCUT2D eigenvalue weighted by molar-refractivity contribution is -0.0133. The number of aliphatic imine (C=N–C) groups is 1. The summed E-state index contributed by atoms with van der Waals surface area (Å²) in [7, 11) is -3.17. The molecule has 3 aromatic rings. The second-order valence-electron chi connectivity index (χ2n) is 8.53. The third-order valence-corrected chi connectivity index (χ3v) is 7.35. The van der Waals surface area contributed by atoms with Gasteiger partial charge in [-0.1, -0.05) is 12.1 Å². The van der Waals surface area contributed by atoms with Crippen molar-refractivity contribution < 1.29 is 8.42 Å². The highest BCUT2D eigenvalue weighted by Gasteiger charge is 2.23. The van der Waals surface area contributed by atoms with Crippen LogP contribution in [0.2, 0.25) is 0 Å². The van der Waals surface area contributed by atoms with E-state index in [0.29, 0.717) is 17.0 Å². The first-order valence-electron chi connectivity index (χ1n) is 11.0. The van der Waals surface area contributed by atoms with Crippen LogP contribution in [0.4, 0.5) is 0 Å². The number of pyridine rings is 1. The van der Waals surface area contributed by atoms with Gasteiger partial charge in [-0.2, -0.15) is 10.4 Å². The van der Waals surface area contributed by atoms with Crippen LogP contribution in [0.15, 0.2) is 71.1 Å². The number of aromatic nitrogens is 2. The Morgan fingerprint density at radius 3 is 2.56 bits per heavy atom. The van der Waals surface area contributed by atoms with Crippen molar-refractivity contribution in [3.63, 3.8) is 0 Å². The van der Waals surface area contributed by atoms with Gasteiger partial charge in [-0.15, -0.1) is 0 Å². The Hall–Kier alpha value is -3.52. The van der Waals surface area contributed by atoms with Crippen LogP contribution in [0.1, 0.15) is 16.7 Å². The van der Waals surface area contributed by atoms with Gasteiger partial charge in [-0.05, 0) is 29.8 Å². The number of nitriles is 1. The van der Waals surface area contributed by atoms with E-state index in [1.807, 2.05) is 42.9 Å². The number of hydrazine groups is 1. The minimum atomic E-state index is -3.17. The number of fused-ring (bicyclic) bond motifs is 1. The SMILES string of the molecule is CS(=O)(=O)c1ccc(CN2CCN(N3C=CN=C(c4ccn5ncc(C#N)c5c4)C3)CC2)cc1. The molecule has 0 amide bonds. The van der Waals surface area contributed by atoms with Gasteiger partial charge in [0.2, 0.25) is 0 Å². The van der Waals surface area contributed by atoms with Crippen molar-refractivity contribution in [1.82, 2.24) is 24.5 Å². The molecule has 4 heterocycles. The van der Waals surface area contributed by atoms with Crippen LogP contribution in [0.25, 0.3) is 5.52 Å². The van der Waals surface area contributed by atoms with E-state index in [4.69, 9.17) is 0 Å². The van der Waals surface area contributed by atoms with Crippen molar-refractivity contribution >= 4 is 21.1 Å². The Bertz CT molecular complexity index is 1410. The van der Waals surface area contributed by atoms with E-state index in [1.165, 1.54) is 6.26 Å². The summed E-state index contributed by atoms with van der Waals surface area (Å²) in [6.07, 6.45) is 8.49. The van der Waals surface area contributed by atoms with Gasteiger partial charge in [0.25, 0.3) is 0 Å². The number of sulfone groups is 1. The fourth-order valence-electron chi connectivity index (χ4n) is 4.31. The predicted octanol–water partition coefficient (Wildman–Crippen LogP) is 1.92. The van der Waals surface area contributed by atoms with E-state index in [-0.39, 0.29) is 0 Å². The molecule has 1 fully saturated rings. The van der Waals surface area contributed by atoms with Gasteiger partial charge >= 0.3 is 0 Å². The molecule has 34 heavy (non-hydrogen) atoms. The van der Waals surface area contributed by atoms with E-state index in [9.17, 15) is 13.7 Å². The molecule has 0 radical (unpaired) electrons. The van der Waals surface area contributed by atoms with Crippen molar-refractivity contribution in [3.8, 4) is 6.07 Å². The number of nitrogens with zero attached hydrogens (tertiary/aromatic N) is 7. The van der Waals surface area contributed by atoms with Crippen LogP contribution < -0.4 is 0 Å². The Kier molecular flexibility index (Phi) is 5.91. The Balaban J connectivity index is 1.19. The van der Waals surface area contributed by atoms with Crippen molar-refractivity contribution in [2.75, 3.05) is 39.0 Å². The highest BCUT2D eigenvalue weighted by molar-refractivity contribution is 7.90. The third-order valence-electron chi connectivity index (χ3n) is 6.23. The summed E-state index contributed by atoms with van der Waals surface area (Å²) in [6, 6.07) is 13.3. The minimum absolute atomic E-state index is 0.353. The zero-order valence-electron chi connectivity index (χ0n) is 18.9. The zero-order valence-corrected chi connectivity index (χ0v) is 19.7. The fraction of sp³-hybridized carbons (Fsp3) is 0.292. The molecular weight excluding hydrogens is 450 g/mol. The smallest absolute Gasteiger partial charge is 0.175 e. The minimum Gasteiger partial charge on any atom is -0.305 e. The number of piperazine rings is 1.